The summed E-state index contributed by atoms with van der Waals surface area (Å²) in [5.74, 6) is 0.550. The number of hydrogen-bond donors (Lipinski definition) is 0. The summed E-state index contributed by atoms with van der Waals surface area (Å²) in [4.78, 5) is 24.7. The second kappa shape index (κ2) is 6.11. The van der Waals surface area contributed by atoms with E-state index in [0.717, 1.165) is 12.8 Å². The van der Waals surface area contributed by atoms with Crippen molar-refractivity contribution in [2.75, 3.05) is 13.7 Å². The summed E-state index contributed by atoms with van der Waals surface area (Å²) in [7, 11) is 1.74. The van der Waals surface area contributed by atoms with E-state index in [1.54, 1.807) is 24.9 Å². The monoisotopic (exact) mass is 292 g/mol. The molecule has 1 aliphatic rings. The topological polar surface area (TPSA) is 72.7 Å². The van der Waals surface area contributed by atoms with Gasteiger partial charge in [0, 0.05) is 24.7 Å². The van der Waals surface area contributed by atoms with Crippen molar-refractivity contribution in [3.63, 3.8) is 0 Å². The quantitative estimate of drug-likeness (QED) is 0.597. The van der Waals surface area contributed by atoms with Crippen LogP contribution in [0.3, 0.4) is 0 Å². The van der Waals surface area contributed by atoms with E-state index in [2.05, 4.69) is 0 Å². The number of amides is 1. The van der Waals surface area contributed by atoms with Crippen molar-refractivity contribution < 1.29 is 14.5 Å². The molecule has 2 rings (SSSR count). The van der Waals surface area contributed by atoms with E-state index in [1.165, 1.54) is 12.1 Å². The Morgan fingerprint density at radius 3 is 2.71 bits per heavy atom. The van der Waals surface area contributed by atoms with Gasteiger partial charge in [-0.3, -0.25) is 14.9 Å². The minimum atomic E-state index is -0.522. The Kier molecular flexibility index (Phi) is 4.45. The molecule has 1 unspecified atom stereocenters. The number of ether oxygens (including phenoxy) is 1. The second-order valence-corrected chi connectivity index (χ2v) is 5.37. The predicted octanol–water partition coefficient (Wildman–Crippen LogP) is 2.86. The lowest BCUT2D eigenvalue weighted by atomic mass is 10.1. The third-order valence-electron chi connectivity index (χ3n) is 3.94. The van der Waals surface area contributed by atoms with Crippen LogP contribution in [-0.2, 0) is 0 Å². The molecular weight excluding hydrogens is 272 g/mol. The summed E-state index contributed by atoms with van der Waals surface area (Å²) in [5, 5.41) is 11.1. The molecular formula is C15H20N2O4. The Labute approximate surface area is 123 Å². The fraction of sp³-hybridized carbons (Fsp3) is 0.533. The van der Waals surface area contributed by atoms with Crippen LogP contribution in [0.1, 0.15) is 37.0 Å². The van der Waals surface area contributed by atoms with Crippen LogP contribution >= 0.6 is 0 Å². The van der Waals surface area contributed by atoms with E-state index in [4.69, 9.17) is 4.74 Å². The number of carbonyl (C=O) groups excluding carboxylic acids is 1. The SMILES string of the molecule is CCOc1ccc(C(=O)N(C)C(C)C2CC2)cc1[N+](=O)[O-]. The predicted molar refractivity (Wildman–Crippen MR) is 78.5 cm³/mol. The van der Waals surface area contributed by atoms with Crippen molar-refractivity contribution in [2.45, 2.75) is 32.7 Å². The minimum Gasteiger partial charge on any atom is -0.487 e. The molecule has 21 heavy (non-hydrogen) atoms. The Hall–Kier alpha value is -2.11. The third kappa shape index (κ3) is 3.32. The molecule has 0 aliphatic heterocycles. The highest BCUT2D eigenvalue weighted by Crippen LogP contribution is 2.35. The van der Waals surface area contributed by atoms with Gasteiger partial charge in [-0.1, -0.05) is 0 Å². The summed E-state index contributed by atoms with van der Waals surface area (Å²) < 4.78 is 5.22. The Morgan fingerprint density at radius 1 is 1.52 bits per heavy atom. The van der Waals surface area contributed by atoms with Gasteiger partial charge in [0.2, 0.25) is 0 Å². The lowest BCUT2D eigenvalue weighted by Crippen LogP contribution is -2.36. The van der Waals surface area contributed by atoms with Gasteiger partial charge in [0.1, 0.15) is 0 Å². The van der Waals surface area contributed by atoms with E-state index in [9.17, 15) is 14.9 Å². The highest BCUT2D eigenvalue weighted by atomic mass is 16.6. The molecule has 1 fully saturated rings. The second-order valence-electron chi connectivity index (χ2n) is 5.37. The van der Waals surface area contributed by atoms with Gasteiger partial charge in [0.15, 0.2) is 5.75 Å². The molecule has 1 saturated carbocycles. The van der Waals surface area contributed by atoms with Gasteiger partial charge < -0.3 is 9.64 Å². The van der Waals surface area contributed by atoms with Gasteiger partial charge in [-0.2, -0.15) is 0 Å². The molecule has 1 amide bonds. The summed E-state index contributed by atoms with van der Waals surface area (Å²) >= 11 is 0. The maximum atomic E-state index is 12.4. The molecule has 1 atom stereocenters. The number of nitro benzene ring substituents is 1. The zero-order chi connectivity index (χ0) is 15.6. The average molecular weight is 292 g/mol. The molecule has 1 aromatic rings. The molecule has 1 aromatic carbocycles. The van der Waals surface area contributed by atoms with Gasteiger partial charge in [-0.15, -0.1) is 0 Å². The number of rotatable bonds is 6. The lowest BCUT2D eigenvalue weighted by Gasteiger charge is -2.25. The van der Waals surface area contributed by atoms with Crippen LogP contribution < -0.4 is 4.74 Å². The van der Waals surface area contributed by atoms with Gasteiger partial charge in [-0.25, -0.2) is 0 Å². The molecule has 1 aliphatic carbocycles. The summed E-state index contributed by atoms with van der Waals surface area (Å²) in [5.41, 5.74) is 0.148. The highest BCUT2D eigenvalue weighted by Gasteiger charge is 2.33. The third-order valence-corrected chi connectivity index (χ3v) is 3.94. The van der Waals surface area contributed by atoms with Crippen LogP contribution in [0.5, 0.6) is 5.75 Å². The van der Waals surface area contributed by atoms with Crippen molar-refractivity contribution in [3.8, 4) is 5.75 Å². The molecule has 6 nitrogen and oxygen atoms in total. The summed E-state index contributed by atoms with van der Waals surface area (Å²) in [6.45, 7) is 4.11. The molecule has 114 valence electrons. The molecule has 6 heteroatoms. The van der Waals surface area contributed by atoms with E-state index in [0.29, 0.717) is 18.1 Å². The fourth-order valence-electron chi connectivity index (χ4n) is 2.35. The summed E-state index contributed by atoms with van der Waals surface area (Å²) in [6, 6.07) is 4.52. The Bertz CT molecular complexity index is 555. The van der Waals surface area contributed by atoms with Gasteiger partial charge >= 0.3 is 5.69 Å². The van der Waals surface area contributed by atoms with Crippen LogP contribution in [0, 0.1) is 16.0 Å². The van der Waals surface area contributed by atoms with Crippen molar-refractivity contribution >= 4 is 11.6 Å². The average Bonchev–Trinajstić information content (AvgIpc) is 3.30. The first-order chi connectivity index (χ1) is 9.95. The van der Waals surface area contributed by atoms with Crippen LogP contribution in [0.4, 0.5) is 5.69 Å². The van der Waals surface area contributed by atoms with Crippen molar-refractivity contribution in [3.05, 3.63) is 33.9 Å². The van der Waals surface area contributed by atoms with E-state index in [1.807, 2.05) is 6.92 Å². The lowest BCUT2D eigenvalue weighted by molar-refractivity contribution is -0.385. The maximum absolute atomic E-state index is 12.4. The van der Waals surface area contributed by atoms with Gasteiger partial charge in [0.25, 0.3) is 5.91 Å². The highest BCUT2D eigenvalue weighted by molar-refractivity contribution is 5.95. The molecule has 0 N–H and O–H groups in total. The molecule has 0 heterocycles. The van der Waals surface area contributed by atoms with E-state index < -0.39 is 4.92 Å². The maximum Gasteiger partial charge on any atom is 0.311 e. The normalized spacial score (nSPS) is 15.4. The van der Waals surface area contributed by atoms with E-state index in [-0.39, 0.29) is 23.4 Å². The largest absolute Gasteiger partial charge is 0.487 e. The molecule has 0 spiro atoms. The van der Waals surface area contributed by atoms with Crippen molar-refractivity contribution in [2.24, 2.45) is 5.92 Å². The van der Waals surface area contributed by atoms with Gasteiger partial charge in [0.05, 0.1) is 11.5 Å². The zero-order valence-electron chi connectivity index (χ0n) is 12.5. The first-order valence-electron chi connectivity index (χ1n) is 7.14. The first-order valence-corrected chi connectivity index (χ1v) is 7.14. The fourth-order valence-corrected chi connectivity index (χ4v) is 2.35. The summed E-state index contributed by atoms with van der Waals surface area (Å²) in [6.07, 6.45) is 2.28. The van der Waals surface area contributed by atoms with Crippen molar-refractivity contribution in [1.82, 2.24) is 4.90 Å². The Balaban J connectivity index is 2.24. The molecule has 0 saturated heterocycles. The number of nitro groups is 1. The molecule has 0 bridgehead atoms. The minimum absolute atomic E-state index is 0.156. The van der Waals surface area contributed by atoms with E-state index >= 15 is 0 Å². The van der Waals surface area contributed by atoms with Crippen LogP contribution in [0.2, 0.25) is 0 Å². The molecule has 0 radical (unpaired) electrons. The first kappa shape index (κ1) is 15.3. The number of benzene rings is 1. The van der Waals surface area contributed by atoms with Crippen LogP contribution in [0.25, 0.3) is 0 Å². The Morgan fingerprint density at radius 2 is 2.19 bits per heavy atom. The van der Waals surface area contributed by atoms with Gasteiger partial charge in [-0.05, 0) is 44.7 Å². The molecule has 0 aromatic heterocycles. The van der Waals surface area contributed by atoms with Crippen LogP contribution in [-0.4, -0.2) is 35.4 Å². The number of hydrogen-bond acceptors (Lipinski definition) is 4. The number of carbonyl (C=O) groups is 1. The van der Waals surface area contributed by atoms with Crippen molar-refractivity contribution in [1.29, 1.82) is 0 Å². The zero-order valence-corrected chi connectivity index (χ0v) is 12.5. The van der Waals surface area contributed by atoms with Crippen LogP contribution in [0.15, 0.2) is 18.2 Å². The standard InChI is InChI=1S/C15H20N2O4/c1-4-21-14-8-7-12(9-13(14)17(19)20)15(18)16(3)10(2)11-5-6-11/h7-11H,4-6H2,1-3H3. The smallest absolute Gasteiger partial charge is 0.311 e. The number of nitrogens with zero attached hydrogens (tertiary/aromatic N) is 2.